The van der Waals surface area contributed by atoms with E-state index in [1.807, 2.05) is 11.6 Å². The molecule has 19 heavy (non-hydrogen) atoms. The van der Waals surface area contributed by atoms with Crippen LogP contribution in [0.25, 0.3) is 11.4 Å². The molecule has 1 fully saturated rings. The summed E-state index contributed by atoms with van der Waals surface area (Å²) in [6.07, 6.45) is 3.86. The van der Waals surface area contributed by atoms with Crippen molar-refractivity contribution >= 4 is 5.69 Å². The summed E-state index contributed by atoms with van der Waals surface area (Å²) in [5, 5.41) is 11.6. The fourth-order valence-electron chi connectivity index (χ4n) is 2.34. The minimum atomic E-state index is 0.523. The molecule has 0 amide bonds. The van der Waals surface area contributed by atoms with Gasteiger partial charge in [-0.25, -0.2) is 0 Å². The van der Waals surface area contributed by atoms with Gasteiger partial charge in [-0.15, -0.1) is 10.2 Å². The van der Waals surface area contributed by atoms with Crippen LogP contribution < -0.4 is 5.32 Å². The molecular weight excluding hydrogens is 240 g/mol. The van der Waals surface area contributed by atoms with E-state index < -0.39 is 0 Å². The van der Waals surface area contributed by atoms with Gasteiger partial charge in [0.05, 0.1) is 0 Å². The monoisotopic (exact) mass is 258 g/mol. The van der Waals surface area contributed by atoms with Crippen LogP contribution in [0.3, 0.4) is 0 Å². The van der Waals surface area contributed by atoms with Crippen molar-refractivity contribution in [2.45, 2.75) is 18.9 Å². The van der Waals surface area contributed by atoms with Gasteiger partial charge in [0, 0.05) is 37.6 Å². The number of aromatic nitrogens is 3. The maximum atomic E-state index is 5.36. The molecule has 1 N–H and O–H groups in total. The predicted octanol–water partition coefficient (Wildman–Crippen LogP) is 2.07. The summed E-state index contributed by atoms with van der Waals surface area (Å²) in [7, 11) is 1.95. The van der Waals surface area contributed by atoms with E-state index in [1.165, 1.54) is 0 Å². The number of nitrogens with one attached hydrogen (secondary N) is 1. The average molecular weight is 258 g/mol. The van der Waals surface area contributed by atoms with Crippen LogP contribution in [0.2, 0.25) is 0 Å². The Balaban J connectivity index is 1.70. The molecule has 0 radical (unpaired) electrons. The van der Waals surface area contributed by atoms with Crippen molar-refractivity contribution in [2.24, 2.45) is 7.05 Å². The number of hydrogen-bond donors (Lipinski definition) is 1. The molecule has 0 aliphatic carbocycles. The first kappa shape index (κ1) is 12.2. The Bertz CT molecular complexity index is 529. The lowest BCUT2D eigenvalue weighted by molar-refractivity contribution is 0.0904. The third-order valence-electron chi connectivity index (χ3n) is 3.45. The van der Waals surface area contributed by atoms with Crippen LogP contribution in [0, 0.1) is 0 Å². The van der Waals surface area contributed by atoms with Crippen molar-refractivity contribution in [1.82, 2.24) is 14.8 Å². The number of ether oxygens (including phenoxy) is 1. The first-order valence-corrected chi connectivity index (χ1v) is 6.61. The number of anilines is 1. The van der Waals surface area contributed by atoms with Crippen LogP contribution in [-0.2, 0) is 11.8 Å². The van der Waals surface area contributed by atoms with Crippen LogP contribution in [0.4, 0.5) is 5.69 Å². The molecule has 1 aromatic heterocycles. The third kappa shape index (κ3) is 2.76. The van der Waals surface area contributed by atoms with Gasteiger partial charge in [0.1, 0.15) is 6.33 Å². The van der Waals surface area contributed by atoms with Gasteiger partial charge < -0.3 is 14.6 Å². The van der Waals surface area contributed by atoms with Crippen LogP contribution in [0.15, 0.2) is 30.6 Å². The number of hydrogen-bond acceptors (Lipinski definition) is 4. The maximum absolute atomic E-state index is 5.36. The van der Waals surface area contributed by atoms with Crippen molar-refractivity contribution in [1.29, 1.82) is 0 Å². The molecule has 3 rings (SSSR count). The van der Waals surface area contributed by atoms with Crippen molar-refractivity contribution in [3.8, 4) is 11.4 Å². The molecule has 1 aromatic carbocycles. The zero-order valence-electron chi connectivity index (χ0n) is 11.0. The molecule has 1 saturated heterocycles. The van der Waals surface area contributed by atoms with Crippen LogP contribution >= 0.6 is 0 Å². The van der Waals surface area contributed by atoms with E-state index >= 15 is 0 Å². The highest BCUT2D eigenvalue weighted by molar-refractivity contribution is 5.59. The molecule has 100 valence electrons. The van der Waals surface area contributed by atoms with E-state index in [-0.39, 0.29) is 0 Å². The summed E-state index contributed by atoms with van der Waals surface area (Å²) >= 11 is 0. The summed E-state index contributed by atoms with van der Waals surface area (Å²) in [6, 6.07) is 8.87. The highest BCUT2D eigenvalue weighted by Crippen LogP contribution is 2.20. The second kappa shape index (κ2) is 5.40. The molecular formula is C14H18N4O. The van der Waals surface area contributed by atoms with Gasteiger partial charge in [-0.1, -0.05) is 0 Å². The number of nitrogens with zero attached hydrogens (tertiary/aromatic N) is 3. The summed E-state index contributed by atoms with van der Waals surface area (Å²) in [4.78, 5) is 0. The first-order chi connectivity index (χ1) is 9.33. The molecule has 0 unspecified atom stereocenters. The minimum Gasteiger partial charge on any atom is -0.382 e. The Kier molecular flexibility index (Phi) is 3.46. The minimum absolute atomic E-state index is 0.523. The van der Waals surface area contributed by atoms with E-state index in [2.05, 4.69) is 39.8 Å². The molecule has 2 heterocycles. The lowest BCUT2D eigenvalue weighted by Gasteiger charge is -2.24. The molecule has 5 heteroatoms. The van der Waals surface area contributed by atoms with Gasteiger partial charge in [-0.05, 0) is 37.1 Å². The largest absolute Gasteiger partial charge is 0.382 e. The predicted molar refractivity (Wildman–Crippen MR) is 73.9 cm³/mol. The Morgan fingerprint density at radius 1 is 1.21 bits per heavy atom. The number of benzene rings is 1. The van der Waals surface area contributed by atoms with Gasteiger partial charge >= 0.3 is 0 Å². The van der Waals surface area contributed by atoms with Gasteiger partial charge in [0.25, 0.3) is 0 Å². The van der Waals surface area contributed by atoms with Gasteiger partial charge in [0.2, 0.25) is 0 Å². The molecule has 0 spiro atoms. The smallest absolute Gasteiger partial charge is 0.163 e. The molecule has 2 aromatic rings. The summed E-state index contributed by atoms with van der Waals surface area (Å²) in [5.74, 6) is 0.887. The van der Waals surface area contributed by atoms with E-state index in [0.717, 1.165) is 43.1 Å². The van der Waals surface area contributed by atoms with E-state index in [1.54, 1.807) is 6.33 Å². The normalized spacial score (nSPS) is 16.5. The van der Waals surface area contributed by atoms with Crippen LogP contribution in [0.5, 0.6) is 0 Å². The van der Waals surface area contributed by atoms with Crippen molar-refractivity contribution in [3.63, 3.8) is 0 Å². The van der Waals surface area contributed by atoms with Gasteiger partial charge in [-0.2, -0.15) is 0 Å². The number of aryl methyl sites for hydroxylation is 1. The molecule has 5 nitrogen and oxygen atoms in total. The lowest BCUT2D eigenvalue weighted by atomic mass is 10.1. The Hall–Kier alpha value is -1.88. The topological polar surface area (TPSA) is 52.0 Å². The average Bonchev–Trinajstić information content (AvgIpc) is 2.87. The molecule has 1 aliphatic heterocycles. The Labute approximate surface area is 112 Å². The van der Waals surface area contributed by atoms with Gasteiger partial charge in [-0.3, -0.25) is 0 Å². The highest BCUT2D eigenvalue weighted by atomic mass is 16.5. The zero-order chi connectivity index (χ0) is 13.1. The second-order valence-corrected chi connectivity index (χ2v) is 4.87. The summed E-state index contributed by atoms with van der Waals surface area (Å²) in [5.41, 5.74) is 2.23. The van der Waals surface area contributed by atoms with Crippen molar-refractivity contribution in [3.05, 3.63) is 30.6 Å². The third-order valence-corrected chi connectivity index (χ3v) is 3.45. The number of rotatable bonds is 3. The second-order valence-electron chi connectivity index (χ2n) is 4.87. The molecule has 1 aliphatic rings. The summed E-state index contributed by atoms with van der Waals surface area (Å²) in [6.45, 7) is 1.71. The standard InChI is InChI=1S/C14H18N4O/c1-18-10-15-17-14(18)11-2-4-12(5-3-11)16-13-6-8-19-9-7-13/h2-5,10,13,16H,6-9H2,1H3. The van der Waals surface area contributed by atoms with Crippen molar-refractivity contribution < 1.29 is 4.74 Å². The zero-order valence-corrected chi connectivity index (χ0v) is 11.0. The molecule has 0 atom stereocenters. The SMILES string of the molecule is Cn1cnnc1-c1ccc(NC2CCOCC2)cc1. The molecule has 0 bridgehead atoms. The fraction of sp³-hybridized carbons (Fsp3) is 0.429. The van der Waals surface area contributed by atoms with E-state index in [9.17, 15) is 0 Å². The van der Waals surface area contributed by atoms with Gasteiger partial charge in [0.15, 0.2) is 5.82 Å². The van der Waals surface area contributed by atoms with Crippen molar-refractivity contribution in [2.75, 3.05) is 18.5 Å². The van der Waals surface area contributed by atoms with E-state index in [4.69, 9.17) is 4.74 Å². The quantitative estimate of drug-likeness (QED) is 0.915. The lowest BCUT2D eigenvalue weighted by Crippen LogP contribution is -2.27. The van der Waals surface area contributed by atoms with Crippen LogP contribution in [0.1, 0.15) is 12.8 Å². The first-order valence-electron chi connectivity index (χ1n) is 6.61. The maximum Gasteiger partial charge on any atom is 0.163 e. The Morgan fingerprint density at radius 3 is 2.58 bits per heavy atom. The summed E-state index contributed by atoms with van der Waals surface area (Å²) < 4.78 is 7.28. The fourth-order valence-corrected chi connectivity index (χ4v) is 2.34. The molecule has 0 saturated carbocycles. The van der Waals surface area contributed by atoms with Crippen LogP contribution in [-0.4, -0.2) is 34.0 Å². The highest BCUT2D eigenvalue weighted by Gasteiger charge is 2.13. The Morgan fingerprint density at radius 2 is 1.95 bits per heavy atom. The van der Waals surface area contributed by atoms with E-state index in [0.29, 0.717) is 6.04 Å².